The second-order valence-electron chi connectivity index (χ2n) is 7.13. The van der Waals surface area contributed by atoms with Crippen LogP contribution in [0.5, 0.6) is 0 Å². The largest absolute Gasteiger partial charge is 0.392 e. The molecule has 0 saturated heterocycles. The summed E-state index contributed by atoms with van der Waals surface area (Å²) in [7, 11) is 0. The maximum atomic E-state index is 11.8. The van der Waals surface area contributed by atoms with Crippen LogP contribution in [0.25, 0.3) is 10.9 Å². The number of fused-ring (bicyclic) bond motifs is 1. The highest BCUT2D eigenvalue weighted by Crippen LogP contribution is 2.38. The average Bonchev–Trinajstić information content (AvgIpc) is 3.17. The summed E-state index contributed by atoms with van der Waals surface area (Å²) in [4.78, 5) is 24.3. The number of nitro groups is 1. The lowest BCUT2D eigenvalue weighted by Crippen LogP contribution is -2.38. The lowest BCUT2D eigenvalue weighted by Gasteiger charge is -2.25. The summed E-state index contributed by atoms with van der Waals surface area (Å²) in [5.41, 5.74) is 2.88. The van der Waals surface area contributed by atoms with E-state index in [-0.39, 0.29) is 12.3 Å². The fourth-order valence-electron chi connectivity index (χ4n) is 3.70. The predicted octanol–water partition coefficient (Wildman–Crippen LogP) is 3.05. The molecular formula is C22H21N5O3. The van der Waals surface area contributed by atoms with Crippen molar-refractivity contribution in [3.63, 3.8) is 0 Å². The van der Waals surface area contributed by atoms with Gasteiger partial charge in [-0.2, -0.15) is 0 Å². The zero-order chi connectivity index (χ0) is 21.1. The van der Waals surface area contributed by atoms with Gasteiger partial charge in [0.05, 0.1) is 22.6 Å². The number of aromatic nitrogens is 2. The van der Waals surface area contributed by atoms with Gasteiger partial charge in [0, 0.05) is 23.9 Å². The van der Waals surface area contributed by atoms with Crippen LogP contribution in [0.4, 0.5) is 5.69 Å². The van der Waals surface area contributed by atoms with E-state index in [4.69, 9.17) is 0 Å². The number of benzene rings is 2. The van der Waals surface area contributed by atoms with Crippen LogP contribution < -0.4 is 5.32 Å². The van der Waals surface area contributed by atoms with Gasteiger partial charge in [-0.25, -0.2) is 9.97 Å². The number of aliphatic hydroxyl groups is 1. The Hall–Kier alpha value is -3.49. The van der Waals surface area contributed by atoms with Gasteiger partial charge in [-0.1, -0.05) is 31.2 Å². The smallest absolute Gasteiger partial charge is 0.277 e. The molecule has 1 atom stereocenters. The number of likely N-dealkylation sites (N-methyl/N-ethyl adjacent to an activating group) is 1. The molecule has 0 bridgehead atoms. The van der Waals surface area contributed by atoms with Crippen molar-refractivity contribution in [3.8, 4) is 0 Å². The first kappa shape index (κ1) is 19.8. The van der Waals surface area contributed by atoms with Gasteiger partial charge >= 0.3 is 0 Å². The molecule has 1 unspecified atom stereocenters. The van der Waals surface area contributed by atoms with Gasteiger partial charge in [0.25, 0.3) is 5.69 Å². The molecule has 2 heterocycles. The number of nitro benzene ring substituents is 1. The Morgan fingerprint density at radius 1 is 1.20 bits per heavy atom. The normalized spacial score (nSPS) is 18.0. The number of hydrogen-bond acceptors (Lipinski definition) is 7. The summed E-state index contributed by atoms with van der Waals surface area (Å²) in [6.45, 7) is 2.51. The van der Waals surface area contributed by atoms with Crippen LogP contribution >= 0.6 is 0 Å². The third-order valence-electron chi connectivity index (χ3n) is 5.12. The molecule has 1 aliphatic heterocycles. The molecule has 0 saturated carbocycles. The van der Waals surface area contributed by atoms with Crippen LogP contribution in [0.3, 0.4) is 0 Å². The Morgan fingerprint density at radius 2 is 1.97 bits per heavy atom. The third kappa shape index (κ3) is 3.70. The maximum Gasteiger partial charge on any atom is 0.277 e. The molecule has 30 heavy (non-hydrogen) atoms. The topological polar surface area (TPSA) is 114 Å². The van der Waals surface area contributed by atoms with Crippen molar-refractivity contribution in [2.45, 2.75) is 25.6 Å². The highest BCUT2D eigenvalue weighted by Gasteiger charge is 2.38. The average molecular weight is 403 g/mol. The summed E-state index contributed by atoms with van der Waals surface area (Å²) in [6.07, 6.45) is 7.32. The van der Waals surface area contributed by atoms with Crippen LogP contribution in [-0.2, 0) is 18.7 Å². The summed E-state index contributed by atoms with van der Waals surface area (Å²) in [5.74, 6) is 0. The number of nitrogens with zero attached hydrogens (tertiary/aromatic N) is 4. The molecule has 0 radical (unpaired) electrons. The summed E-state index contributed by atoms with van der Waals surface area (Å²) in [5, 5.41) is 25.0. The molecule has 0 fully saturated rings. The Kier molecular flexibility index (Phi) is 5.35. The van der Waals surface area contributed by atoms with Crippen LogP contribution in [-0.4, -0.2) is 32.8 Å². The van der Waals surface area contributed by atoms with Crippen LogP contribution in [0, 0.1) is 10.1 Å². The standard InChI is InChI=1S/C22H21N5O3/c1-2-25-22(10-17(11-26-22)7-15-3-5-16(13-28)6-4-15)19-9-20-18(12-23-14-24-20)8-21(19)27(29)30/h3-6,8-12,14,25,28H,2,7,13H2,1H3. The SMILES string of the molecule is CCNC1(c2cc3ncncc3cc2[N+](=O)[O-])C=C(Cc2ccc(CO)cc2)C=N1. The van der Waals surface area contributed by atoms with E-state index in [9.17, 15) is 15.2 Å². The lowest BCUT2D eigenvalue weighted by atomic mass is 9.94. The van der Waals surface area contributed by atoms with Gasteiger partial charge < -0.3 is 5.11 Å². The molecule has 3 aromatic rings. The zero-order valence-electron chi connectivity index (χ0n) is 16.4. The molecule has 0 spiro atoms. The lowest BCUT2D eigenvalue weighted by molar-refractivity contribution is -0.385. The maximum absolute atomic E-state index is 11.8. The first-order chi connectivity index (χ1) is 14.5. The zero-order valence-corrected chi connectivity index (χ0v) is 16.4. The van der Waals surface area contributed by atoms with Crippen molar-refractivity contribution in [1.82, 2.24) is 15.3 Å². The van der Waals surface area contributed by atoms with Crippen LogP contribution in [0.2, 0.25) is 0 Å². The minimum absolute atomic E-state index is 0.00313. The van der Waals surface area contributed by atoms with Crippen molar-refractivity contribution < 1.29 is 10.0 Å². The minimum atomic E-state index is -1.03. The Balaban J connectivity index is 1.77. The number of aliphatic hydroxyl groups excluding tert-OH is 1. The Labute approximate surface area is 173 Å². The number of nitrogens with one attached hydrogen (secondary N) is 1. The fourth-order valence-corrected chi connectivity index (χ4v) is 3.70. The van der Waals surface area contributed by atoms with E-state index in [0.717, 1.165) is 16.7 Å². The Bertz CT molecular complexity index is 1160. The van der Waals surface area contributed by atoms with Gasteiger partial charge in [-0.3, -0.25) is 20.4 Å². The van der Waals surface area contributed by atoms with E-state index in [1.54, 1.807) is 18.5 Å². The molecular weight excluding hydrogens is 382 g/mol. The van der Waals surface area contributed by atoms with Crippen molar-refractivity contribution in [2.24, 2.45) is 4.99 Å². The van der Waals surface area contributed by atoms with Gasteiger partial charge in [0.15, 0.2) is 5.66 Å². The van der Waals surface area contributed by atoms with E-state index in [1.165, 1.54) is 12.4 Å². The molecule has 152 valence electrons. The molecule has 0 aliphatic carbocycles. The molecule has 2 aromatic carbocycles. The quantitative estimate of drug-likeness (QED) is 0.463. The van der Waals surface area contributed by atoms with Gasteiger partial charge in [-0.05, 0) is 41.8 Å². The van der Waals surface area contributed by atoms with Gasteiger partial charge in [0.1, 0.15) is 6.33 Å². The van der Waals surface area contributed by atoms with Crippen LogP contribution in [0.15, 0.2) is 65.6 Å². The summed E-state index contributed by atoms with van der Waals surface area (Å²) in [6, 6.07) is 10.9. The molecule has 0 amide bonds. The highest BCUT2D eigenvalue weighted by molar-refractivity contribution is 5.86. The van der Waals surface area contributed by atoms with Crippen molar-refractivity contribution in [3.05, 3.63) is 87.4 Å². The highest BCUT2D eigenvalue weighted by atomic mass is 16.6. The number of hydrogen-bond donors (Lipinski definition) is 2. The second kappa shape index (κ2) is 8.10. The second-order valence-corrected chi connectivity index (χ2v) is 7.13. The van der Waals surface area contributed by atoms with E-state index in [1.807, 2.05) is 37.3 Å². The molecule has 1 aromatic heterocycles. The van der Waals surface area contributed by atoms with Crippen molar-refractivity contribution in [1.29, 1.82) is 0 Å². The molecule has 1 aliphatic rings. The molecule has 8 nitrogen and oxygen atoms in total. The molecule has 4 rings (SSSR count). The first-order valence-corrected chi connectivity index (χ1v) is 9.64. The minimum Gasteiger partial charge on any atom is -0.392 e. The monoisotopic (exact) mass is 403 g/mol. The van der Waals surface area contributed by atoms with E-state index < -0.39 is 10.6 Å². The third-order valence-corrected chi connectivity index (χ3v) is 5.12. The number of aliphatic imine (C=N–C) groups is 1. The predicted molar refractivity (Wildman–Crippen MR) is 114 cm³/mol. The van der Waals surface area contributed by atoms with Gasteiger partial charge in [-0.15, -0.1) is 0 Å². The van der Waals surface area contributed by atoms with E-state index in [2.05, 4.69) is 20.3 Å². The van der Waals surface area contributed by atoms with E-state index in [0.29, 0.717) is 29.4 Å². The van der Waals surface area contributed by atoms with Gasteiger partial charge in [0.2, 0.25) is 0 Å². The van der Waals surface area contributed by atoms with Crippen LogP contribution in [0.1, 0.15) is 23.6 Å². The summed E-state index contributed by atoms with van der Waals surface area (Å²) >= 11 is 0. The Morgan fingerprint density at radius 3 is 2.67 bits per heavy atom. The number of allylic oxidation sites excluding steroid dienone is 1. The molecule has 2 N–H and O–H groups in total. The van der Waals surface area contributed by atoms with E-state index >= 15 is 0 Å². The fraction of sp³-hybridized carbons (Fsp3) is 0.227. The molecule has 8 heteroatoms. The van der Waals surface area contributed by atoms with Crippen molar-refractivity contribution >= 4 is 22.8 Å². The number of rotatable bonds is 7. The first-order valence-electron chi connectivity index (χ1n) is 9.64. The van der Waals surface area contributed by atoms with Crippen molar-refractivity contribution in [2.75, 3.05) is 6.54 Å². The summed E-state index contributed by atoms with van der Waals surface area (Å²) < 4.78 is 0.